The van der Waals surface area contributed by atoms with Gasteiger partial charge in [0.2, 0.25) is 11.0 Å². The van der Waals surface area contributed by atoms with Gasteiger partial charge in [0.25, 0.3) is 0 Å². The zero-order valence-electron chi connectivity index (χ0n) is 7.07. The van der Waals surface area contributed by atoms with Crippen LogP contribution in [0.25, 0.3) is 0 Å². The molecule has 0 aromatic carbocycles. The fourth-order valence-electron chi connectivity index (χ4n) is 0.769. The van der Waals surface area contributed by atoms with Crippen molar-refractivity contribution in [1.29, 1.82) is 0 Å². The van der Waals surface area contributed by atoms with Crippen molar-refractivity contribution in [3.63, 3.8) is 0 Å². The van der Waals surface area contributed by atoms with Gasteiger partial charge in [-0.3, -0.25) is 4.79 Å². The number of amides is 1. The maximum atomic E-state index is 11.1. The van der Waals surface area contributed by atoms with Gasteiger partial charge in [-0.05, 0) is 5.92 Å². The first-order valence-electron chi connectivity index (χ1n) is 3.75. The third kappa shape index (κ3) is 2.96. The molecule has 1 amide bonds. The van der Waals surface area contributed by atoms with Crippen LogP contribution in [-0.2, 0) is 4.79 Å². The van der Waals surface area contributed by atoms with E-state index in [1.165, 1.54) is 17.9 Å². The molecule has 12 heavy (non-hydrogen) atoms. The van der Waals surface area contributed by atoms with E-state index in [2.05, 4.69) is 14.7 Å². The van der Waals surface area contributed by atoms with Crippen molar-refractivity contribution >= 4 is 22.6 Å². The topological polar surface area (TPSA) is 54.9 Å². The lowest BCUT2D eigenvalue weighted by molar-refractivity contribution is -0.116. The van der Waals surface area contributed by atoms with Gasteiger partial charge in [-0.1, -0.05) is 13.8 Å². The Kier molecular flexibility index (Phi) is 3.16. The molecule has 0 aliphatic heterocycles. The van der Waals surface area contributed by atoms with E-state index in [1.807, 2.05) is 13.8 Å². The quantitative estimate of drug-likeness (QED) is 0.776. The molecule has 66 valence electrons. The monoisotopic (exact) mass is 185 g/mol. The van der Waals surface area contributed by atoms with Crippen LogP contribution in [0, 0.1) is 5.92 Å². The average molecular weight is 185 g/mol. The number of hydrogen-bond acceptors (Lipinski definition) is 4. The Morgan fingerprint density at radius 2 is 2.50 bits per heavy atom. The van der Waals surface area contributed by atoms with E-state index in [4.69, 9.17) is 0 Å². The van der Waals surface area contributed by atoms with E-state index in [9.17, 15) is 4.79 Å². The number of carbonyl (C=O) groups excluding carboxylic acids is 1. The second-order valence-corrected chi connectivity index (χ2v) is 3.67. The third-order valence-electron chi connectivity index (χ3n) is 1.20. The minimum absolute atomic E-state index is 0.00162. The van der Waals surface area contributed by atoms with Gasteiger partial charge in [-0.15, -0.1) is 0 Å². The van der Waals surface area contributed by atoms with Crippen LogP contribution < -0.4 is 5.32 Å². The lowest BCUT2D eigenvalue weighted by Crippen LogP contribution is -2.13. The molecule has 1 heterocycles. The summed E-state index contributed by atoms with van der Waals surface area (Å²) in [5.74, 6) is 0.375. The fraction of sp³-hybridized carbons (Fsp3) is 0.571. The molecule has 1 N–H and O–H groups in total. The molecule has 0 atom stereocenters. The van der Waals surface area contributed by atoms with E-state index in [1.54, 1.807) is 0 Å². The molecule has 0 saturated heterocycles. The van der Waals surface area contributed by atoms with E-state index in [0.717, 1.165) is 0 Å². The standard InChI is InChI=1S/C7H11N3OS/c1-5(2)3-6(11)10-7-8-4-9-12-7/h4-5H,3H2,1-2H3,(H,8,9,10,11). The van der Waals surface area contributed by atoms with Crippen LogP contribution in [0.1, 0.15) is 20.3 Å². The largest absolute Gasteiger partial charge is 0.301 e. The Hall–Kier alpha value is -0.970. The molecular weight excluding hydrogens is 174 g/mol. The van der Waals surface area contributed by atoms with Crippen LogP contribution >= 0.6 is 11.5 Å². The summed E-state index contributed by atoms with van der Waals surface area (Å²) in [5.41, 5.74) is 0. The normalized spacial score (nSPS) is 10.2. The smallest absolute Gasteiger partial charge is 0.226 e. The van der Waals surface area contributed by atoms with Crippen LogP contribution in [-0.4, -0.2) is 15.3 Å². The molecule has 4 nitrogen and oxygen atoms in total. The Bertz CT molecular complexity index is 245. The van der Waals surface area contributed by atoms with Gasteiger partial charge >= 0.3 is 0 Å². The lowest BCUT2D eigenvalue weighted by atomic mass is 10.1. The highest BCUT2D eigenvalue weighted by molar-refractivity contribution is 7.09. The summed E-state index contributed by atoms with van der Waals surface area (Å²) in [6.07, 6.45) is 1.95. The molecule has 1 rings (SSSR count). The van der Waals surface area contributed by atoms with Gasteiger partial charge in [0.15, 0.2) is 0 Å². The number of nitrogens with one attached hydrogen (secondary N) is 1. The van der Waals surface area contributed by atoms with Gasteiger partial charge in [0, 0.05) is 18.0 Å². The first-order valence-corrected chi connectivity index (χ1v) is 4.52. The third-order valence-corrected chi connectivity index (χ3v) is 1.78. The zero-order chi connectivity index (χ0) is 8.97. The summed E-state index contributed by atoms with van der Waals surface area (Å²) in [7, 11) is 0. The van der Waals surface area contributed by atoms with Crippen molar-refractivity contribution in [1.82, 2.24) is 9.36 Å². The van der Waals surface area contributed by atoms with E-state index in [0.29, 0.717) is 17.5 Å². The molecule has 0 aliphatic carbocycles. The molecule has 0 radical (unpaired) electrons. The number of hydrogen-bond donors (Lipinski definition) is 1. The highest BCUT2D eigenvalue weighted by Crippen LogP contribution is 2.08. The summed E-state index contributed by atoms with van der Waals surface area (Å²) in [4.78, 5) is 15.0. The SMILES string of the molecule is CC(C)CC(=O)Nc1ncns1. The van der Waals surface area contributed by atoms with Crippen molar-refractivity contribution in [2.24, 2.45) is 5.92 Å². The summed E-state index contributed by atoms with van der Waals surface area (Å²) >= 11 is 1.19. The number of nitrogens with zero attached hydrogens (tertiary/aromatic N) is 2. The van der Waals surface area contributed by atoms with Gasteiger partial charge in [-0.25, -0.2) is 4.98 Å². The average Bonchev–Trinajstić information content (AvgIpc) is 2.37. The zero-order valence-corrected chi connectivity index (χ0v) is 7.89. The summed E-state index contributed by atoms with van der Waals surface area (Å²) in [6, 6.07) is 0. The van der Waals surface area contributed by atoms with Crippen LogP contribution in [0.4, 0.5) is 5.13 Å². The highest BCUT2D eigenvalue weighted by atomic mass is 32.1. The number of aromatic nitrogens is 2. The van der Waals surface area contributed by atoms with Crippen molar-refractivity contribution in [3.05, 3.63) is 6.33 Å². The predicted octanol–water partition coefficient (Wildman–Crippen LogP) is 1.52. The van der Waals surface area contributed by atoms with Crippen LogP contribution in [0.15, 0.2) is 6.33 Å². The van der Waals surface area contributed by atoms with Gasteiger partial charge in [-0.2, -0.15) is 4.37 Å². The maximum absolute atomic E-state index is 11.1. The first kappa shape index (κ1) is 9.12. The van der Waals surface area contributed by atoms with E-state index in [-0.39, 0.29) is 5.91 Å². The molecule has 0 fully saturated rings. The number of rotatable bonds is 3. The van der Waals surface area contributed by atoms with Crippen molar-refractivity contribution in [3.8, 4) is 0 Å². The highest BCUT2D eigenvalue weighted by Gasteiger charge is 2.06. The molecular formula is C7H11N3OS. The predicted molar refractivity (Wildman–Crippen MR) is 48.0 cm³/mol. The molecule has 1 aromatic rings. The van der Waals surface area contributed by atoms with Gasteiger partial charge in [0.1, 0.15) is 6.33 Å². The van der Waals surface area contributed by atoms with Crippen LogP contribution in [0.2, 0.25) is 0 Å². The maximum Gasteiger partial charge on any atom is 0.226 e. The second-order valence-electron chi connectivity index (χ2n) is 2.89. The summed E-state index contributed by atoms with van der Waals surface area (Å²) < 4.78 is 3.77. The molecule has 0 aliphatic rings. The van der Waals surface area contributed by atoms with E-state index >= 15 is 0 Å². The van der Waals surface area contributed by atoms with Crippen LogP contribution in [0.5, 0.6) is 0 Å². The fourth-order valence-corrected chi connectivity index (χ4v) is 1.22. The molecule has 0 bridgehead atoms. The Morgan fingerprint density at radius 1 is 1.75 bits per heavy atom. The summed E-state index contributed by atoms with van der Waals surface area (Å²) in [5, 5.41) is 3.23. The van der Waals surface area contributed by atoms with E-state index < -0.39 is 0 Å². The molecule has 0 spiro atoms. The Morgan fingerprint density at radius 3 is 3.00 bits per heavy atom. The minimum Gasteiger partial charge on any atom is -0.301 e. The molecule has 0 saturated carbocycles. The molecule has 0 unspecified atom stereocenters. The van der Waals surface area contributed by atoms with Crippen molar-refractivity contribution in [2.45, 2.75) is 20.3 Å². The molecule has 1 aromatic heterocycles. The second kappa shape index (κ2) is 4.15. The number of carbonyl (C=O) groups is 1. The van der Waals surface area contributed by atoms with Gasteiger partial charge in [0.05, 0.1) is 0 Å². The van der Waals surface area contributed by atoms with Crippen LogP contribution in [0.3, 0.4) is 0 Å². The van der Waals surface area contributed by atoms with Crippen molar-refractivity contribution < 1.29 is 4.79 Å². The summed E-state index contributed by atoms with van der Waals surface area (Å²) in [6.45, 7) is 4.00. The number of anilines is 1. The molecule has 5 heteroatoms. The Balaban J connectivity index is 2.37. The lowest BCUT2D eigenvalue weighted by Gasteiger charge is -2.02. The minimum atomic E-state index is 0.00162. The Labute approximate surface area is 75.2 Å². The van der Waals surface area contributed by atoms with Crippen molar-refractivity contribution in [2.75, 3.05) is 5.32 Å². The first-order chi connectivity index (χ1) is 5.68. The van der Waals surface area contributed by atoms with Gasteiger partial charge < -0.3 is 5.32 Å².